The lowest BCUT2D eigenvalue weighted by Crippen LogP contribution is -2.22. The zero-order valence-electron chi connectivity index (χ0n) is 22.1. The highest BCUT2D eigenvalue weighted by Crippen LogP contribution is 2.35. The number of rotatable bonds is 12. The number of carboxylic acid groups (broad SMARTS) is 1. The van der Waals surface area contributed by atoms with Gasteiger partial charge in [0.25, 0.3) is 0 Å². The highest BCUT2D eigenvalue weighted by atomic mass is 32.2. The topological polar surface area (TPSA) is 87.2 Å². The van der Waals surface area contributed by atoms with Gasteiger partial charge in [-0.2, -0.15) is 0 Å². The van der Waals surface area contributed by atoms with E-state index in [0.717, 1.165) is 41.3 Å². The number of aryl methyl sites for hydroxylation is 1. The zero-order valence-corrected chi connectivity index (χ0v) is 24.6. The molecule has 0 unspecified atom stereocenters. The summed E-state index contributed by atoms with van der Waals surface area (Å²) in [5.74, 6) is 0.343. The first-order valence-corrected chi connectivity index (χ1v) is 14.5. The fraction of sp³-hybridized carbons (Fsp3) is 0.321. The standard InChI is InChI=1S/C28H32N2O5S3/c1-18-14-21(6-9-25(18)35-17-28(33)34)36-13-12-24(26-10-7-22(37-26)15-29(4)19(2)31)27-11-8-23(38-27)16-30(5)20(3)32/h6-12,14H,13,15-17H2,1-5H3,(H,33,34). The molecule has 0 radical (unpaired) electrons. The Morgan fingerprint density at radius 2 is 1.47 bits per heavy atom. The van der Waals surface area contributed by atoms with Crippen molar-refractivity contribution in [2.45, 2.75) is 38.8 Å². The van der Waals surface area contributed by atoms with E-state index >= 15 is 0 Å². The second-order valence-corrected chi connectivity index (χ2v) is 12.3. The molecule has 0 bridgehead atoms. The van der Waals surface area contributed by atoms with Crippen LogP contribution in [0.25, 0.3) is 5.57 Å². The Morgan fingerprint density at radius 3 is 1.95 bits per heavy atom. The van der Waals surface area contributed by atoms with Gasteiger partial charge in [-0.05, 0) is 55.0 Å². The number of aliphatic carboxylic acids is 1. The number of carboxylic acids is 1. The molecule has 0 spiro atoms. The average Bonchev–Trinajstić information content (AvgIpc) is 3.50. The van der Waals surface area contributed by atoms with E-state index in [1.807, 2.05) is 19.1 Å². The number of nitrogens with zero attached hydrogens (tertiary/aromatic N) is 2. The Labute approximate surface area is 235 Å². The van der Waals surface area contributed by atoms with E-state index in [4.69, 9.17) is 9.84 Å². The van der Waals surface area contributed by atoms with E-state index in [0.29, 0.717) is 18.8 Å². The minimum absolute atomic E-state index is 0.0271. The van der Waals surface area contributed by atoms with Crippen molar-refractivity contribution >= 4 is 57.8 Å². The van der Waals surface area contributed by atoms with Gasteiger partial charge in [0, 0.05) is 63.7 Å². The summed E-state index contributed by atoms with van der Waals surface area (Å²) in [6, 6.07) is 14.1. The van der Waals surface area contributed by atoms with Crippen LogP contribution < -0.4 is 4.74 Å². The molecular weight excluding hydrogens is 541 g/mol. The van der Waals surface area contributed by atoms with E-state index in [-0.39, 0.29) is 18.4 Å². The van der Waals surface area contributed by atoms with Crippen molar-refractivity contribution in [2.75, 3.05) is 26.5 Å². The average molecular weight is 573 g/mol. The van der Waals surface area contributed by atoms with Crippen LogP contribution in [0.1, 0.15) is 38.9 Å². The van der Waals surface area contributed by atoms with Crippen LogP contribution in [0.2, 0.25) is 0 Å². The van der Waals surface area contributed by atoms with Crippen LogP contribution in [0.4, 0.5) is 0 Å². The van der Waals surface area contributed by atoms with Gasteiger partial charge < -0.3 is 19.6 Å². The summed E-state index contributed by atoms with van der Waals surface area (Å²) in [7, 11) is 3.60. The number of carbonyl (C=O) groups excluding carboxylic acids is 2. The number of ether oxygens (including phenoxy) is 1. The van der Waals surface area contributed by atoms with Gasteiger partial charge in [0.2, 0.25) is 11.8 Å². The van der Waals surface area contributed by atoms with E-state index in [9.17, 15) is 14.4 Å². The molecule has 7 nitrogen and oxygen atoms in total. The molecule has 2 heterocycles. The van der Waals surface area contributed by atoms with Gasteiger partial charge in [-0.25, -0.2) is 4.79 Å². The van der Waals surface area contributed by atoms with Crippen LogP contribution >= 0.6 is 34.4 Å². The highest BCUT2D eigenvalue weighted by Gasteiger charge is 2.14. The summed E-state index contributed by atoms with van der Waals surface area (Å²) < 4.78 is 5.33. The first-order chi connectivity index (χ1) is 18.0. The molecule has 1 N–H and O–H groups in total. The highest BCUT2D eigenvalue weighted by molar-refractivity contribution is 7.99. The predicted octanol–water partition coefficient (Wildman–Crippen LogP) is 5.76. The molecule has 202 valence electrons. The second kappa shape index (κ2) is 13.6. The third-order valence-electron chi connectivity index (χ3n) is 5.75. The predicted molar refractivity (Wildman–Crippen MR) is 155 cm³/mol. The number of hydrogen-bond donors (Lipinski definition) is 1. The number of hydrogen-bond acceptors (Lipinski definition) is 7. The summed E-state index contributed by atoms with van der Waals surface area (Å²) in [5.41, 5.74) is 2.01. The minimum Gasteiger partial charge on any atom is -0.482 e. The lowest BCUT2D eigenvalue weighted by Gasteiger charge is -2.13. The normalized spacial score (nSPS) is 10.7. The zero-order chi connectivity index (χ0) is 27.8. The fourth-order valence-electron chi connectivity index (χ4n) is 3.46. The first-order valence-electron chi connectivity index (χ1n) is 11.9. The van der Waals surface area contributed by atoms with Crippen LogP contribution in [-0.4, -0.2) is 59.1 Å². The van der Waals surface area contributed by atoms with Crippen LogP contribution in [0, 0.1) is 6.92 Å². The van der Waals surface area contributed by atoms with Gasteiger partial charge in [-0.3, -0.25) is 9.59 Å². The van der Waals surface area contributed by atoms with Gasteiger partial charge >= 0.3 is 5.97 Å². The summed E-state index contributed by atoms with van der Waals surface area (Å²) in [6.07, 6.45) is 2.21. The molecule has 1 aromatic carbocycles. The number of amides is 2. The number of thioether (sulfide) groups is 1. The van der Waals surface area contributed by atoms with Crippen molar-refractivity contribution in [3.8, 4) is 5.75 Å². The lowest BCUT2D eigenvalue weighted by atomic mass is 10.1. The van der Waals surface area contributed by atoms with Gasteiger partial charge in [0.05, 0.1) is 13.1 Å². The SMILES string of the molecule is CC(=O)N(C)Cc1ccc(C(=CCSc2ccc(OCC(=O)O)c(C)c2)c2ccc(CN(C)C(C)=O)s2)s1. The van der Waals surface area contributed by atoms with Crippen molar-refractivity contribution in [1.29, 1.82) is 0 Å². The van der Waals surface area contributed by atoms with Gasteiger partial charge in [0.1, 0.15) is 5.75 Å². The molecule has 38 heavy (non-hydrogen) atoms. The fourth-order valence-corrected chi connectivity index (χ4v) is 6.63. The molecule has 0 aliphatic heterocycles. The maximum Gasteiger partial charge on any atom is 0.341 e. The molecule has 0 aliphatic rings. The largest absolute Gasteiger partial charge is 0.482 e. The summed E-state index contributed by atoms with van der Waals surface area (Å²) in [4.78, 5) is 43.1. The molecule has 3 aromatic rings. The molecule has 3 rings (SSSR count). The molecular formula is C28H32N2O5S3. The third-order valence-corrected chi connectivity index (χ3v) is 8.88. The van der Waals surface area contributed by atoms with Crippen LogP contribution in [-0.2, 0) is 27.5 Å². The molecule has 2 amide bonds. The van der Waals surface area contributed by atoms with Gasteiger partial charge in [-0.15, -0.1) is 34.4 Å². The summed E-state index contributed by atoms with van der Waals surface area (Å²) in [5, 5.41) is 8.85. The minimum atomic E-state index is -1.00. The van der Waals surface area contributed by atoms with Crippen molar-refractivity contribution in [3.05, 3.63) is 73.6 Å². The Balaban J connectivity index is 1.82. The van der Waals surface area contributed by atoms with Gasteiger partial charge in [0.15, 0.2) is 6.61 Å². The summed E-state index contributed by atoms with van der Waals surface area (Å²) >= 11 is 5.03. The molecule has 0 saturated heterocycles. The second-order valence-electron chi connectivity index (χ2n) is 8.82. The lowest BCUT2D eigenvalue weighted by molar-refractivity contribution is -0.139. The van der Waals surface area contributed by atoms with Gasteiger partial charge in [-0.1, -0.05) is 6.08 Å². The molecule has 0 saturated carbocycles. The Morgan fingerprint density at radius 1 is 0.921 bits per heavy atom. The number of carbonyl (C=O) groups is 3. The van der Waals surface area contributed by atoms with E-state index in [1.54, 1.807) is 78.2 Å². The van der Waals surface area contributed by atoms with Crippen LogP contribution in [0.3, 0.4) is 0 Å². The summed E-state index contributed by atoms with van der Waals surface area (Å²) in [6.45, 7) is 5.80. The Hall–Kier alpha value is -3.08. The smallest absolute Gasteiger partial charge is 0.341 e. The third kappa shape index (κ3) is 8.47. The molecule has 0 atom stereocenters. The van der Waals surface area contributed by atoms with E-state index < -0.39 is 5.97 Å². The van der Waals surface area contributed by atoms with Crippen molar-refractivity contribution in [3.63, 3.8) is 0 Å². The van der Waals surface area contributed by atoms with Crippen LogP contribution in [0.5, 0.6) is 5.75 Å². The molecule has 2 aromatic heterocycles. The molecule has 0 aliphatic carbocycles. The Bertz CT molecular complexity index is 1270. The van der Waals surface area contributed by atoms with Crippen LogP contribution in [0.15, 0.2) is 53.4 Å². The van der Waals surface area contributed by atoms with E-state index in [1.165, 1.54) is 0 Å². The number of benzene rings is 1. The van der Waals surface area contributed by atoms with Crippen molar-refractivity contribution in [1.82, 2.24) is 9.80 Å². The quantitative estimate of drug-likeness (QED) is 0.278. The number of thiophene rings is 2. The van der Waals surface area contributed by atoms with E-state index in [2.05, 4.69) is 30.3 Å². The maximum absolute atomic E-state index is 11.7. The van der Waals surface area contributed by atoms with Crippen molar-refractivity contribution in [2.24, 2.45) is 0 Å². The molecule has 10 heteroatoms. The molecule has 0 fully saturated rings. The first kappa shape index (κ1) is 29.5. The Kier molecular flexibility index (Phi) is 10.6. The van der Waals surface area contributed by atoms with Crippen molar-refractivity contribution < 1.29 is 24.2 Å². The maximum atomic E-state index is 11.7. The monoisotopic (exact) mass is 572 g/mol.